The van der Waals surface area contributed by atoms with Gasteiger partial charge in [-0.05, 0) is 27.7 Å². The molecule has 0 amide bonds. The van der Waals surface area contributed by atoms with Crippen molar-refractivity contribution in [2.24, 2.45) is 0 Å². The minimum absolute atomic E-state index is 0.515. The number of benzene rings is 3. The third-order valence-corrected chi connectivity index (χ3v) is 3.54. The van der Waals surface area contributed by atoms with Gasteiger partial charge in [0.2, 0.25) is 0 Å². The minimum Gasteiger partial charge on any atom is -0.423 e. The number of hydrogen-bond acceptors (Lipinski definition) is 2. The molecule has 0 spiro atoms. The maximum absolute atomic E-state index is 9.58. The molecule has 0 heterocycles. The van der Waals surface area contributed by atoms with Crippen LogP contribution in [0.2, 0.25) is 0 Å². The van der Waals surface area contributed by atoms with Gasteiger partial charge in [0.05, 0.1) is 0 Å². The summed E-state index contributed by atoms with van der Waals surface area (Å²) in [5.41, 5.74) is 4.53. The van der Waals surface area contributed by atoms with Gasteiger partial charge in [-0.25, -0.2) is 0 Å². The highest BCUT2D eigenvalue weighted by molar-refractivity contribution is 6.60. The van der Waals surface area contributed by atoms with Gasteiger partial charge in [-0.15, -0.1) is 0 Å². The Bertz CT molecular complexity index is 739. The van der Waals surface area contributed by atoms with Crippen LogP contribution in [-0.4, -0.2) is 17.2 Å². The van der Waals surface area contributed by atoms with E-state index in [0.717, 1.165) is 22.3 Å². The van der Waals surface area contributed by atoms with Crippen molar-refractivity contribution in [3.05, 3.63) is 78.9 Å². The Hall–Kier alpha value is -2.36. The normalized spacial score (nSPS) is 10.4. The fourth-order valence-corrected chi connectivity index (χ4v) is 2.55. The molecule has 3 heteroatoms. The highest BCUT2D eigenvalue weighted by Gasteiger charge is 2.18. The summed E-state index contributed by atoms with van der Waals surface area (Å²) in [6.45, 7) is 0. The summed E-state index contributed by atoms with van der Waals surface area (Å²) in [4.78, 5) is 0. The van der Waals surface area contributed by atoms with Crippen LogP contribution >= 0.6 is 0 Å². The van der Waals surface area contributed by atoms with E-state index in [9.17, 15) is 10.0 Å². The first-order chi connectivity index (χ1) is 10.3. The fraction of sp³-hybridized carbons (Fsp3) is 0. The van der Waals surface area contributed by atoms with E-state index >= 15 is 0 Å². The van der Waals surface area contributed by atoms with Crippen LogP contribution in [0.15, 0.2) is 78.9 Å². The molecular weight excluding hydrogens is 259 g/mol. The van der Waals surface area contributed by atoms with Gasteiger partial charge in [0.25, 0.3) is 0 Å². The molecular formula is C18H15BO2. The van der Waals surface area contributed by atoms with E-state index < -0.39 is 7.12 Å². The highest BCUT2D eigenvalue weighted by atomic mass is 16.4. The first-order valence-corrected chi connectivity index (χ1v) is 6.87. The smallest absolute Gasteiger partial charge is 0.423 e. The van der Waals surface area contributed by atoms with Crippen molar-refractivity contribution in [2.75, 3.05) is 0 Å². The van der Waals surface area contributed by atoms with Crippen LogP contribution in [0, 0.1) is 0 Å². The lowest BCUT2D eigenvalue weighted by atomic mass is 9.74. The Morgan fingerprint density at radius 2 is 1.05 bits per heavy atom. The van der Waals surface area contributed by atoms with Crippen LogP contribution in [-0.2, 0) is 0 Å². The zero-order valence-electron chi connectivity index (χ0n) is 11.5. The number of hydrogen-bond donors (Lipinski definition) is 2. The Balaban J connectivity index is 2.21. The molecule has 0 radical (unpaired) electrons. The predicted octanol–water partition coefficient (Wildman–Crippen LogP) is 2.70. The van der Waals surface area contributed by atoms with Gasteiger partial charge in [-0.2, -0.15) is 0 Å². The molecule has 0 aromatic heterocycles. The van der Waals surface area contributed by atoms with Crippen molar-refractivity contribution in [3.8, 4) is 22.3 Å². The molecule has 0 bridgehead atoms. The van der Waals surface area contributed by atoms with Crippen molar-refractivity contribution in [2.45, 2.75) is 0 Å². The average Bonchev–Trinajstić information content (AvgIpc) is 2.55. The van der Waals surface area contributed by atoms with Gasteiger partial charge in [0, 0.05) is 0 Å². The second kappa shape index (κ2) is 5.96. The van der Waals surface area contributed by atoms with Crippen LogP contribution in [0.1, 0.15) is 0 Å². The van der Waals surface area contributed by atoms with E-state index in [1.54, 1.807) is 6.07 Å². The largest absolute Gasteiger partial charge is 0.489 e. The summed E-state index contributed by atoms with van der Waals surface area (Å²) in [7, 11) is -1.48. The summed E-state index contributed by atoms with van der Waals surface area (Å²) in [5, 5.41) is 19.2. The van der Waals surface area contributed by atoms with Crippen LogP contribution < -0.4 is 5.46 Å². The van der Waals surface area contributed by atoms with E-state index in [1.165, 1.54) is 0 Å². The molecule has 0 unspecified atom stereocenters. The molecule has 21 heavy (non-hydrogen) atoms. The van der Waals surface area contributed by atoms with E-state index in [2.05, 4.69) is 12.1 Å². The van der Waals surface area contributed by atoms with Crippen molar-refractivity contribution >= 4 is 12.6 Å². The van der Waals surface area contributed by atoms with Crippen LogP contribution in [0.25, 0.3) is 22.3 Å². The molecule has 3 aromatic rings. The van der Waals surface area contributed by atoms with Gasteiger partial charge in [0.1, 0.15) is 0 Å². The van der Waals surface area contributed by atoms with Crippen molar-refractivity contribution in [1.29, 1.82) is 0 Å². The van der Waals surface area contributed by atoms with E-state index in [-0.39, 0.29) is 0 Å². The Morgan fingerprint density at radius 1 is 0.524 bits per heavy atom. The van der Waals surface area contributed by atoms with Gasteiger partial charge in [-0.1, -0.05) is 78.9 Å². The van der Waals surface area contributed by atoms with E-state index in [4.69, 9.17) is 0 Å². The molecule has 3 rings (SSSR count). The SMILES string of the molecule is OB(O)c1ccccc1-c1ccccc1-c1ccccc1. The topological polar surface area (TPSA) is 40.5 Å². The van der Waals surface area contributed by atoms with Crippen LogP contribution in [0.4, 0.5) is 0 Å². The lowest BCUT2D eigenvalue weighted by Gasteiger charge is -2.13. The molecule has 2 nitrogen and oxygen atoms in total. The van der Waals surface area contributed by atoms with Gasteiger partial charge >= 0.3 is 7.12 Å². The Labute approximate surface area is 124 Å². The Kier molecular flexibility index (Phi) is 3.86. The van der Waals surface area contributed by atoms with E-state index in [1.807, 2.05) is 60.7 Å². The summed E-state index contributed by atoms with van der Waals surface area (Å²) in [6.07, 6.45) is 0. The van der Waals surface area contributed by atoms with E-state index in [0.29, 0.717) is 5.46 Å². The summed E-state index contributed by atoms with van der Waals surface area (Å²) in [5.74, 6) is 0. The summed E-state index contributed by atoms with van der Waals surface area (Å²) in [6, 6.07) is 25.5. The zero-order valence-corrected chi connectivity index (χ0v) is 11.5. The molecule has 2 N–H and O–H groups in total. The predicted molar refractivity (Wildman–Crippen MR) is 87.1 cm³/mol. The molecule has 0 saturated heterocycles. The Morgan fingerprint density at radius 3 is 1.71 bits per heavy atom. The second-order valence-corrected chi connectivity index (χ2v) is 4.87. The maximum atomic E-state index is 9.58. The lowest BCUT2D eigenvalue weighted by Crippen LogP contribution is -2.31. The number of rotatable bonds is 3. The third kappa shape index (κ3) is 2.75. The standard InChI is InChI=1S/C18H15BO2/c20-19(21)18-13-7-6-12-17(18)16-11-5-4-10-15(16)14-8-2-1-3-9-14/h1-13,20-21H. The van der Waals surface area contributed by atoms with Crippen molar-refractivity contribution in [1.82, 2.24) is 0 Å². The fourth-order valence-electron chi connectivity index (χ4n) is 2.55. The average molecular weight is 274 g/mol. The first kappa shape index (κ1) is 13.6. The summed E-state index contributed by atoms with van der Waals surface area (Å²) >= 11 is 0. The summed E-state index contributed by atoms with van der Waals surface area (Å²) < 4.78 is 0. The molecule has 102 valence electrons. The lowest BCUT2D eigenvalue weighted by molar-refractivity contribution is 0.426. The third-order valence-electron chi connectivity index (χ3n) is 3.54. The molecule has 0 aliphatic carbocycles. The second-order valence-electron chi connectivity index (χ2n) is 4.87. The first-order valence-electron chi connectivity index (χ1n) is 6.87. The molecule has 3 aromatic carbocycles. The molecule has 0 atom stereocenters. The van der Waals surface area contributed by atoms with Crippen LogP contribution in [0.3, 0.4) is 0 Å². The van der Waals surface area contributed by atoms with Crippen molar-refractivity contribution < 1.29 is 10.0 Å². The highest BCUT2D eigenvalue weighted by Crippen LogP contribution is 2.30. The zero-order chi connectivity index (χ0) is 14.7. The quantitative estimate of drug-likeness (QED) is 0.721. The monoisotopic (exact) mass is 274 g/mol. The van der Waals surface area contributed by atoms with Crippen LogP contribution in [0.5, 0.6) is 0 Å². The maximum Gasteiger partial charge on any atom is 0.489 e. The molecule has 0 aliphatic heterocycles. The van der Waals surface area contributed by atoms with Crippen molar-refractivity contribution in [3.63, 3.8) is 0 Å². The molecule has 0 saturated carbocycles. The molecule has 0 fully saturated rings. The molecule has 0 aliphatic rings. The van der Waals surface area contributed by atoms with Gasteiger partial charge in [-0.3, -0.25) is 0 Å². The minimum atomic E-state index is -1.48. The van der Waals surface area contributed by atoms with Gasteiger partial charge < -0.3 is 10.0 Å². The van der Waals surface area contributed by atoms with Gasteiger partial charge in [0.15, 0.2) is 0 Å².